The van der Waals surface area contributed by atoms with E-state index >= 15 is 0 Å². The summed E-state index contributed by atoms with van der Waals surface area (Å²) in [5.41, 5.74) is -0.698. The molecule has 0 saturated heterocycles. The zero-order valence-corrected chi connectivity index (χ0v) is 26.8. The second-order valence-corrected chi connectivity index (χ2v) is 22.3. The fraction of sp³-hybridized carbons (Fsp3) is 0.840. The van der Waals surface area contributed by atoms with Crippen LogP contribution in [0.5, 0.6) is 0 Å². The molecule has 0 N–H and O–H groups in total. The van der Waals surface area contributed by atoms with Gasteiger partial charge in [0, 0.05) is 6.61 Å². The van der Waals surface area contributed by atoms with Gasteiger partial charge >= 0.3 is 11.9 Å². The van der Waals surface area contributed by atoms with E-state index in [9.17, 15) is 9.59 Å². The maximum atomic E-state index is 13.3. The van der Waals surface area contributed by atoms with Crippen molar-refractivity contribution < 1.29 is 32.7 Å². The Morgan fingerprint density at radius 3 is 1.91 bits per heavy atom. The van der Waals surface area contributed by atoms with Gasteiger partial charge in [-0.05, 0) is 43.2 Å². The Hall–Kier alpha value is -0.876. The molecule has 0 spiro atoms. The number of alkyl halides is 1. The Balaban J connectivity index is 3.77. The van der Waals surface area contributed by atoms with Gasteiger partial charge in [-0.1, -0.05) is 48.5 Å². The zero-order valence-electron chi connectivity index (χ0n) is 24.0. The van der Waals surface area contributed by atoms with Crippen LogP contribution in [0.3, 0.4) is 0 Å². The van der Waals surface area contributed by atoms with Gasteiger partial charge < -0.3 is 23.1 Å². The highest BCUT2D eigenvalue weighted by Gasteiger charge is 2.60. The summed E-state index contributed by atoms with van der Waals surface area (Å²) in [5.74, 6) is -1.25. The van der Waals surface area contributed by atoms with E-state index < -0.39 is 46.2 Å². The Morgan fingerprint density at radius 1 is 1.00 bits per heavy atom. The second kappa shape index (κ2) is 11.2. The lowest BCUT2D eigenvalue weighted by atomic mass is 9.81. The highest BCUT2D eigenvalue weighted by molar-refractivity contribution is 6.74. The van der Waals surface area contributed by atoms with Crippen molar-refractivity contribution in [2.24, 2.45) is 5.41 Å². The maximum Gasteiger partial charge on any atom is 0.338 e. The molecule has 0 aromatic heterocycles. The lowest BCUT2D eigenvalue weighted by Crippen LogP contribution is -2.54. The van der Waals surface area contributed by atoms with Crippen molar-refractivity contribution in [2.75, 3.05) is 26.2 Å². The molecule has 0 radical (unpaired) electrons. The first-order valence-electron chi connectivity index (χ1n) is 12.2. The van der Waals surface area contributed by atoms with Crippen molar-refractivity contribution in [1.29, 1.82) is 0 Å². The first-order chi connectivity index (χ1) is 15.7. The smallest absolute Gasteiger partial charge is 0.338 e. The fourth-order valence-corrected chi connectivity index (χ4v) is 6.00. The molecule has 0 fully saturated rings. The maximum absolute atomic E-state index is 13.3. The SMILES string of the molecule is CCOC(=O)C1=C(OC)[C@H](OC(=O)CCl)[C@@H](O[Si](C)(C)C(C)(C)C)[C@]1(C)CO[Si](C)(C)C(C)(C)C. The van der Waals surface area contributed by atoms with Crippen molar-refractivity contribution >= 4 is 40.2 Å². The van der Waals surface area contributed by atoms with Crippen LogP contribution in [0.1, 0.15) is 55.4 Å². The molecular weight excluding hydrogens is 504 g/mol. The second-order valence-electron chi connectivity index (χ2n) is 12.5. The molecule has 0 aliphatic heterocycles. The molecule has 0 unspecified atom stereocenters. The number of ether oxygens (including phenoxy) is 3. The first-order valence-corrected chi connectivity index (χ1v) is 18.6. The van der Waals surface area contributed by atoms with E-state index in [4.69, 9.17) is 34.7 Å². The van der Waals surface area contributed by atoms with E-state index in [0.717, 1.165) is 0 Å². The number of halogens is 1. The monoisotopic (exact) mass is 550 g/mol. The highest BCUT2D eigenvalue weighted by Crippen LogP contribution is 2.51. The number of hydrogen-bond donors (Lipinski definition) is 0. The summed E-state index contributed by atoms with van der Waals surface area (Å²) in [7, 11) is -3.15. The molecule has 10 heteroatoms. The number of methoxy groups -OCH3 is 1. The largest absolute Gasteiger partial charge is 0.496 e. The predicted molar refractivity (Wildman–Crippen MR) is 145 cm³/mol. The van der Waals surface area contributed by atoms with Crippen molar-refractivity contribution in [2.45, 2.75) is 104 Å². The molecule has 0 aromatic rings. The Morgan fingerprint density at radius 2 is 1.51 bits per heavy atom. The third kappa shape index (κ3) is 6.91. The van der Waals surface area contributed by atoms with Crippen LogP contribution < -0.4 is 0 Å². The molecule has 1 rings (SSSR count). The molecule has 1 aliphatic carbocycles. The van der Waals surface area contributed by atoms with Gasteiger partial charge in [0.15, 0.2) is 28.5 Å². The minimum absolute atomic E-state index is 0.0415. The standard InChI is InChI=1S/C25H47ClO7Si2/c1-14-30-22(28)18-19(29-9)20(32-17(27)15-26)21(33-35(12,13)24(5,6)7)25(18,8)16-31-34(10,11)23(2,3)4/h20-21H,14-16H2,1-13H3/t20-,21+,25+/m0/s1. The molecule has 0 heterocycles. The number of rotatable bonds is 10. The van der Waals surface area contributed by atoms with E-state index in [0.29, 0.717) is 0 Å². The average Bonchev–Trinajstić information content (AvgIpc) is 2.92. The number of hydrogen-bond acceptors (Lipinski definition) is 7. The summed E-state index contributed by atoms with van der Waals surface area (Å²) >= 11 is 5.79. The van der Waals surface area contributed by atoms with Crippen LogP contribution in [0.4, 0.5) is 0 Å². The fourth-order valence-electron chi connectivity index (χ4n) is 3.47. The molecule has 204 valence electrons. The summed E-state index contributed by atoms with van der Waals surface area (Å²) in [6.07, 6.45) is -1.66. The molecule has 0 bridgehead atoms. The Labute approximate surface area is 219 Å². The van der Waals surface area contributed by atoms with Crippen LogP contribution in [0.2, 0.25) is 36.3 Å². The van der Waals surface area contributed by atoms with Crippen LogP contribution in [0.25, 0.3) is 0 Å². The lowest BCUT2D eigenvalue weighted by molar-refractivity contribution is -0.153. The van der Waals surface area contributed by atoms with E-state index in [1.54, 1.807) is 6.92 Å². The van der Waals surface area contributed by atoms with Crippen molar-refractivity contribution in [3.05, 3.63) is 11.3 Å². The van der Waals surface area contributed by atoms with Crippen LogP contribution >= 0.6 is 11.6 Å². The molecule has 0 saturated carbocycles. The van der Waals surface area contributed by atoms with Crippen LogP contribution in [-0.2, 0) is 32.7 Å². The molecule has 0 aromatic carbocycles. The first kappa shape index (κ1) is 32.2. The van der Waals surface area contributed by atoms with Gasteiger partial charge in [0.1, 0.15) is 12.0 Å². The third-order valence-electron chi connectivity index (χ3n) is 7.81. The van der Waals surface area contributed by atoms with Gasteiger partial charge in [-0.25, -0.2) is 4.79 Å². The minimum atomic E-state index is -2.40. The van der Waals surface area contributed by atoms with Gasteiger partial charge in [0.25, 0.3) is 0 Å². The quantitative estimate of drug-likeness (QED) is 0.186. The number of carbonyl (C=O) groups excluding carboxylic acids is 2. The average molecular weight is 551 g/mol. The number of carbonyl (C=O) groups is 2. The Kier molecular flexibility index (Phi) is 10.3. The van der Waals surface area contributed by atoms with Gasteiger partial charge in [0.2, 0.25) is 0 Å². The van der Waals surface area contributed by atoms with Gasteiger partial charge in [-0.2, -0.15) is 0 Å². The van der Waals surface area contributed by atoms with E-state index in [1.165, 1.54) is 7.11 Å². The van der Waals surface area contributed by atoms with Gasteiger partial charge in [-0.3, -0.25) is 4.79 Å². The van der Waals surface area contributed by atoms with E-state index in [1.807, 2.05) is 6.92 Å². The van der Waals surface area contributed by atoms with Gasteiger partial charge in [-0.15, -0.1) is 11.6 Å². The summed E-state index contributed by atoms with van der Waals surface area (Å²) in [6, 6.07) is 0. The van der Waals surface area contributed by atoms with E-state index in [-0.39, 0.29) is 40.5 Å². The lowest BCUT2D eigenvalue weighted by Gasteiger charge is -2.46. The van der Waals surface area contributed by atoms with E-state index in [2.05, 4.69) is 67.7 Å². The highest BCUT2D eigenvalue weighted by atomic mass is 35.5. The molecule has 1 aliphatic rings. The molecule has 35 heavy (non-hydrogen) atoms. The topological polar surface area (TPSA) is 80.3 Å². The molecular formula is C25H47ClO7Si2. The molecule has 0 amide bonds. The number of esters is 2. The summed E-state index contributed by atoms with van der Waals surface area (Å²) in [5, 5.41) is -0.171. The predicted octanol–water partition coefficient (Wildman–Crippen LogP) is 6.03. The Bertz CT molecular complexity index is 812. The van der Waals surface area contributed by atoms with Gasteiger partial charge in [0.05, 0.1) is 24.7 Å². The zero-order chi connectivity index (χ0) is 27.6. The summed E-state index contributed by atoms with van der Waals surface area (Å²) in [6.45, 7) is 25.5. The van der Waals surface area contributed by atoms with Crippen LogP contribution in [-0.4, -0.2) is 67.0 Å². The summed E-state index contributed by atoms with van der Waals surface area (Å²) < 4.78 is 30.5. The molecule has 3 atom stereocenters. The third-order valence-corrected chi connectivity index (χ3v) is 17.0. The normalized spacial score (nSPS) is 23.9. The molecule has 7 nitrogen and oxygen atoms in total. The minimum Gasteiger partial charge on any atom is -0.496 e. The van der Waals surface area contributed by atoms with Crippen molar-refractivity contribution in [3.8, 4) is 0 Å². The van der Waals surface area contributed by atoms with Crippen LogP contribution in [0, 0.1) is 5.41 Å². The van der Waals surface area contributed by atoms with Crippen LogP contribution in [0.15, 0.2) is 11.3 Å². The van der Waals surface area contributed by atoms with Crippen molar-refractivity contribution in [3.63, 3.8) is 0 Å². The summed E-state index contributed by atoms with van der Waals surface area (Å²) in [4.78, 5) is 25.7. The van der Waals surface area contributed by atoms with Crippen molar-refractivity contribution in [1.82, 2.24) is 0 Å².